The van der Waals surface area contributed by atoms with Gasteiger partial charge in [-0.05, 0) is 32.0 Å². The van der Waals surface area contributed by atoms with E-state index in [-0.39, 0.29) is 16.2 Å². The van der Waals surface area contributed by atoms with Crippen molar-refractivity contribution in [2.75, 3.05) is 0 Å². The lowest BCUT2D eigenvalue weighted by molar-refractivity contribution is -0.138. The lowest BCUT2D eigenvalue weighted by Gasteiger charge is -2.12. The fourth-order valence-corrected chi connectivity index (χ4v) is 2.34. The maximum atomic E-state index is 12.9. The van der Waals surface area contributed by atoms with Gasteiger partial charge in [0.1, 0.15) is 5.69 Å². The first kappa shape index (κ1) is 15.0. The van der Waals surface area contributed by atoms with Gasteiger partial charge in [0.15, 0.2) is 0 Å². The Morgan fingerprint density at radius 3 is 2.50 bits per heavy atom. The largest absolute Gasteiger partial charge is 0.417 e. The number of aromatic nitrogens is 3. The second kappa shape index (κ2) is 5.17. The number of nitrogens with two attached hydrogens (primary N) is 1. The summed E-state index contributed by atoms with van der Waals surface area (Å²) in [5.41, 5.74) is 6.44. The highest BCUT2D eigenvalue weighted by molar-refractivity contribution is 9.10. The van der Waals surface area contributed by atoms with Crippen molar-refractivity contribution in [1.82, 2.24) is 15.0 Å². The van der Waals surface area contributed by atoms with E-state index in [1.54, 1.807) is 13.8 Å². The molecule has 0 spiro atoms. The van der Waals surface area contributed by atoms with Crippen LogP contribution < -0.4 is 5.73 Å². The number of nitrogens with zero attached hydrogens (tertiary/aromatic N) is 3. The molecule has 8 heteroatoms. The van der Waals surface area contributed by atoms with Crippen molar-refractivity contribution in [2.24, 2.45) is 5.73 Å². The molecule has 1 heterocycles. The summed E-state index contributed by atoms with van der Waals surface area (Å²) in [7, 11) is 0. The summed E-state index contributed by atoms with van der Waals surface area (Å²) >= 11 is 2.90. The normalized spacial score (nSPS) is 13.6. The molecule has 2 rings (SSSR count). The van der Waals surface area contributed by atoms with Crippen molar-refractivity contribution in [2.45, 2.75) is 26.1 Å². The van der Waals surface area contributed by atoms with Crippen molar-refractivity contribution < 1.29 is 13.2 Å². The van der Waals surface area contributed by atoms with Crippen molar-refractivity contribution in [3.63, 3.8) is 0 Å². The Morgan fingerprint density at radius 1 is 1.35 bits per heavy atom. The minimum atomic E-state index is -4.44. The lowest BCUT2D eigenvalue weighted by atomic mass is 10.2. The van der Waals surface area contributed by atoms with Crippen LogP contribution in [0.3, 0.4) is 0 Å². The maximum absolute atomic E-state index is 12.9. The van der Waals surface area contributed by atoms with Gasteiger partial charge in [0.25, 0.3) is 0 Å². The topological polar surface area (TPSA) is 56.7 Å². The summed E-state index contributed by atoms with van der Waals surface area (Å²) < 4.78 is 40.0. The summed E-state index contributed by atoms with van der Waals surface area (Å²) in [4.78, 5) is 0. The first-order chi connectivity index (χ1) is 9.21. The van der Waals surface area contributed by atoms with E-state index in [9.17, 15) is 13.2 Å². The second-order valence-electron chi connectivity index (χ2n) is 4.42. The fraction of sp³-hybridized carbons (Fsp3) is 0.333. The smallest absolute Gasteiger partial charge is 0.323 e. The third-order valence-corrected chi connectivity index (χ3v) is 3.55. The lowest BCUT2D eigenvalue weighted by Crippen LogP contribution is -2.09. The summed E-state index contributed by atoms with van der Waals surface area (Å²) in [6, 6.07) is 3.56. The Morgan fingerprint density at radius 2 is 2.00 bits per heavy atom. The van der Waals surface area contributed by atoms with E-state index in [0.717, 1.165) is 6.07 Å². The molecular formula is C12H12BrF3N4. The van der Waals surface area contributed by atoms with Crippen LogP contribution in [0.2, 0.25) is 0 Å². The van der Waals surface area contributed by atoms with Gasteiger partial charge in [-0.1, -0.05) is 21.1 Å². The van der Waals surface area contributed by atoms with E-state index >= 15 is 0 Å². The standard InChI is InChI=1S/C12H12BrF3N4/c1-6(17)11-7(2)20(19-18-11)8-3-4-10(13)9(5-8)12(14,15)16/h3-6H,17H2,1-2H3. The Kier molecular flexibility index (Phi) is 3.88. The van der Waals surface area contributed by atoms with E-state index in [1.165, 1.54) is 16.8 Å². The number of hydrogen-bond donors (Lipinski definition) is 1. The van der Waals surface area contributed by atoms with E-state index < -0.39 is 11.7 Å². The van der Waals surface area contributed by atoms with Crippen LogP contribution in [0, 0.1) is 6.92 Å². The van der Waals surface area contributed by atoms with E-state index in [0.29, 0.717) is 11.4 Å². The number of hydrogen-bond acceptors (Lipinski definition) is 3. The summed E-state index contributed by atoms with van der Waals surface area (Å²) in [6.07, 6.45) is -4.44. The third kappa shape index (κ3) is 2.71. The molecule has 1 atom stereocenters. The highest BCUT2D eigenvalue weighted by Gasteiger charge is 2.33. The zero-order chi connectivity index (χ0) is 15.1. The summed E-state index contributed by atoms with van der Waals surface area (Å²) in [5.74, 6) is 0. The molecule has 0 bridgehead atoms. The number of alkyl halides is 3. The van der Waals surface area contributed by atoms with Crippen LogP contribution in [0.5, 0.6) is 0 Å². The van der Waals surface area contributed by atoms with Gasteiger partial charge in [-0.3, -0.25) is 0 Å². The predicted molar refractivity (Wildman–Crippen MR) is 71.4 cm³/mol. The Bertz CT molecular complexity index is 634. The highest BCUT2D eigenvalue weighted by atomic mass is 79.9. The minimum Gasteiger partial charge on any atom is -0.323 e. The molecule has 1 aromatic carbocycles. The first-order valence-electron chi connectivity index (χ1n) is 5.76. The van der Waals surface area contributed by atoms with Gasteiger partial charge in [0.2, 0.25) is 0 Å². The molecule has 4 nitrogen and oxygen atoms in total. The molecule has 0 aliphatic rings. The van der Waals surface area contributed by atoms with Crippen molar-refractivity contribution in [3.05, 3.63) is 39.6 Å². The van der Waals surface area contributed by atoms with Crippen LogP contribution in [0.15, 0.2) is 22.7 Å². The molecule has 108 valence electrons. The van der Waals surface area contributed by atoms with Crippen LogP contribution in [0.4, 0.5) is 13.2 Å². The molecule has 0 saturated carbocycles. The van der Waals surface area contributed by atoms with Crippen LogP contribution in [-0.2, 0) is 6.18 Å². The highest BCUT2D eigenvalue weighted by Crippen LogP contribution is 2.36. The van der Waals surface area contributed by atoms with Crippen LogP contribution in [0.1, 0.15) is 29.9 Å². The molecule has 0 aliphatic heterocycles. The second-order valence-corrected chi connectivity index (χ2v) is 5.28. The Balaban J connectivity index is 2.55. The molecule has 2 aromatic rings. The van der Waals surface area contributed by atoms with Gasteiger partial charge in [0, 0.05) is 10.5 Å². The maximum Gasteiger partial charge on any atom is 0.417 e. The van der Waals surface area contributed by atoms with E-state index in [1.807, 2.05) is 0 Å². The molecule has 2 N–H and O–H groups in total. The zero-order valence-corrected chi connectivity index (χ0v) is 12.3. The van der Waals surface area contributed by atoms with Crippen LogP contribution in [0.25, 0.3) is 5.69 Å². The SMILES string of the molecule is Cc1c(C(C)N)nnn1-c1ccc(Br)c(C(F)(F)F)c1. The quantitative estimate of drug-likeness (QED) is 0.904. The fourth-order valence-electron chi connectivity index (χ4n) is 1.87. The average molecular weight is 349 g/mol. The molecule has 20 heavy (non-hydrogen) atoms. The monoisotopic (exact) mass is 348 g/mol. The molecule has 1 aromatic heterocycles. The van der Waals surface area contributed by atoms with Gasteiger partial charge in [-0.15, -0.1) is 5.10 Å². The van der Waals surface area contributed by atoms with Gasteiger partial charge in [-0.2, -0.15) is 13.2 Å². The van der Waals surface area contributed by atoms with Crippen molar-refractivity contribution in [3.8, 4) is 5.69 Å². The van der Waals surface area contributed by atoms with Gasteiger partial charge in [0.05, 0.1) is 16.9 Å². The van der Waals surface area contributed by atoms with Gasteiger partial charge in [-0.25, -0.2) is 4.68 Å². The van der Waals surface area contributed by atoms with Crippen LogP contribution >= 0.6 is 15.9 Å². The first-order valence-corrected chi connectivity index (χ1v) is 6.56. The van der Waals surface area contributed by atoms with Gasteiger partial charge >= 0.3 is 6.18 Å². The molecule has 0 saturated heterocycles. The molecule has 0 radical (unpaired) electrons. The predicted octanol–water partition coefficient (Wildman–Crippen LogP) is 3.38. The van der Waals surface area contributed by atoms with Gasteiger partial charge < -0.3 is 5.73 Å². The third-order valence-electron chi connectivity index (χ3n) is 2.86. The van der Waals surface area contributed by atoms with E-state index in [2.05, 4.69) is 26.2 Å². The van der Waals surface area contributed by atoms with E-state index in [4.69, 9.17) is 5.73 Å². The Labute approximate surface area is 121 Å². The summed E-state index contributed by atoms with van der Waals surface area (Å²) in [5, 5.41) is 7.76. The molecule has 0 fully saturated rings. The Hall–Kier alpha value is -1.41. The van der Waals surface area contributed by atoms with Crippen molar-refractivity contribution >= 4 is 15.9 Å². The van der Waals surface area contributed by atoms with Crippen molar-refractivity contribution in [1.29, 1.82) is 0 Å². The summed E-state index contributed by atoms with van der Waals surface area (Å²) in [6.45, 7) is 3.46. The molecular weight excluding hydrogens is 337 g/mol. The average Bonchev–Trinajstić information content (AvgIpc) is 2.70. The molecule has 1 unspecified atom stereocenters. The molecule has 0 amide bonds. The number of benzene rings is 1. The number of rotatable bonds is 2. The van der Waals surface area contributed by atoms with Crippen LogP contribution in [-0.4, -0.2) is 15.0 Å². The number of halogens is 4. The minimum absolute atomic E-state index is 0.0149. The molecule has 0 aliphatic carbocycles. The zero-order valence-electron chi connectivity index (χ0n) is 10.7.